The lowest BCUT2D eigenvalue weighted by Gasteiger charge is -2.32. The van der Waals surface area contributed by atoms with Crippen LogP contribution in [0.15, 0.2) is 143 Å². The van der Waals surface area contributed by atoms with Gasteiger partial charge in [0.15, 0.2) is 6.04 Å². The molecule has 5 unspecified atom stereocenters. The van der Waals surface area contributed by atoms with Crippen LogP contribution in [0.4, 0.5) is 17.1 Å². The standard InChI is InChI=1S/C28H30N2O3S.C25H32N2O2S.C22H21N3O2S.2C2H6/c1-3-26(31)30(22-14-16-24(17-15-22)33-23-12-8-5-9-13-23)27(25-18-20(2)19-34-25)28(32)29-21-10-6-4-7-11-21;1-5-23(28)27(21-13-11-19(12-14-21)17(2)3)24(22-15-18(4)16-30-22)25(29)26-20-9-7-6-8-10-20;1-2-20(26)25(18-12-10-16(15-23)11-13-18)21(19-9-6-14-28-19)22(27)24-17-7-4-3-5-8-17;2*1-2/h1,5,8-9,12-18,20-21,27H,4,6-7,10-11,19H2,2H3,(H,29,32);1,11-15,17-18,20,24H,6-10,16H2,2-4H3,(H,26,29);1,6,9-14,17,21H,3-5,7-8H2,(H,24,27);2*1-2H3. The van der Waals surface area contributed by atoms with E-state index in [-0.39, 0.29) is 35.8 Å². The molecule has 2 aliphatic heterocycles. The number of benzene rings is 4. The van der Waals surface area contributed by atoms with E-state index in [1.165, 1.54) is 50.9 Å². The average molecular weight is 1350 g/mol. The minimum Gasteiger partial charge on any atom is -0.457 e. The number of nitriles is 1. The van der Waals surface area contributed by atoms with E-state index in [0.29, 0.717) is 46.1 Å². The zero-order chi connectivity index (χ0) is 69.5. The third-order valence-electron chi connectivity index (χ3n) is 16.9. The van der Waals surface area contributed by atoms with Gasteiger partial charge in [-0.25, -0.2) is 0 Å². The van der Waals surface area contributed by atoms with E-state index >= 15 is 0 Å². The molecule has 1 aromatic heterocycles. The third kappa shape index (κ3) is 22.0. The van der Waals surface area contributed by atoms with Gasteiger partial charge in [-0.15, -0.1) is 54.1 Å². The summed E-state index contributed by atoms with van der Waals surface area (Å²) in [7, 11) is 0. The number of nitrogens with zero attached hydrogens (tertiary/aromatic N) is 4. The number of anilines is 3. The van der Waals surface area contributed by atoms with E-state index in [9.17, 15) is 28.8 Å². The Kier molecular flexibility index (Phi) is 32.1. The second-order valence-electron chi connectivity index (χ2n) is 24.2. The van der Waals surface area contributed by atoms with E-state index in [4.69, 9.17) is 29.3 Å². The van der Waals surface area contributed by atoms with Crippen molar-refractivity contribution in [3.05, 3.63) is 159 Å². The quantitative estimate of drug-likeness (QED) is 0.0714. The summed E-state index contributed by atoms with van der Waals surface area (Å²) in [5.41, 5.74) is 3.36. The molecule has 3 aliphatic carbocycles. The van der Waals surface area contributed by atoms with Gasteiger partial charge in [-0.3, -0.25) is 43.5 Å². The first-order chi connectivity index (χ1) is 46.6. The van der Waals surface area contributed by atoms with E-state index in [0.717, 1.165) is 109 Å². The molecule has 96 heavy (non-hydrogen) atoms. The summed E-state index contributed by atoms with van der Waals surface area (Å²) in [6.07, 6.45) is 36.8. The van der Waals surface area contributed by atoms with Gasteiger partial charge in [-0.1, -0.05) is 162 Å². The second kappa shape index (κ2) is 40.2. The molecule has 3 N–H and O–H groups in total. The Morgan fingerprint density at radius 3 is 1.20 bits per heavy atom. The topological polar surface area (TPSA) is 181 Å². The summed E-state index contributed by atoms with van der Waals surface area (Å²) in [6.45, 7) is 16.5. The SMILES string of the molecule is C#CC(=O)N(c1ccc(C#N)cc1)C(C(=O)NC1CCCCC1)c1cccs1.C#CC(=O)N(c1ccc(C(C)C)cc1)C(C(=O)NC1CCCCC1)C1=CC(C)CS1.C#CC(=O)N(c1ccc(Oc2ccccc2)cc1)C(C(=O)NC1CCCCC1)C1=CC(C)CS1.CC.CC. The number of terminal acetylenes is 3. The maximum absolute atomic E-state index is 13.6. The fourth-order valence-corrected chi connectivity index (χ4v) is 15.4. The van der Waals surface area contributed by atoms with Gasteiger partial charge in [0.1, 0.15) is 23.6 Å². The summed E-state index contributed by atoms with van der Waals surface area (Å²) in [5, 5.41) is 20.4. The predicted octanol–water partition coefficient (Wildman–Crippen LogP) is 16.2. The summed E-state index contributed by atoms with van der Waals surface area (Å²) >= 11 is 4.67. The van der Waals surface area contributed by atoms with Crippen molar-refractivity contribution in [2.75, 3.05) is 26.2 Å². The molecule has 4 aromatic carbocycles. The molecular weight excluding hydrogens is 1260 g/mol. The first-order valence-electron chi connectivity index (χ1n) is 34.1. The number of para-hydroxylation sites is 1. The minimum atomic E-state index is -0.849. The van der Waals surface area contributed by atoms with Gasteiger partial charge in [-0.2, -0.15) is 5.26 Å². The molecule has 6 amide bonds. The molecule has 3 saturated carbocycles. The number of hydrogen-bond acceptors (Lipinski definition) is 11. The summed E-state index contributed by atoms with van der Waals surface area (Å²) < 4.78 is 5.88. The van der Waals surface area contributed by atoms with Crippen molar-refractivity contribution in [1.82, 2.24) is 16.0 Å². The van der Waals surface area contributed by atoms with Gasteiger partial charge >= 0.3 is 17.7 Å². The van der Waals surface area contributed by atoms with Crippen LogP contribution < -0.4 is 35.4 Å². The molecule has 0 radical (unpaired) electrons. The molecule has 0 spiro atoms. The molecule has 14 nitrogen and oxygen atoms in total. The highest BCUT2D eigenvalue weighted by atomic mass is 32.2. The van der Waals surface area contributed by atoms with Gasteiger partial charge < -0.3 is 20.7 Å². The van der Waals surface area contributed by atoms with Crippen molar-refractivity contribution >= 4 is 87.4 Å². The highest BCUT2D eigenvalue weighted by Gasteiger charge is 2.40. The predicted molar refractivity (Wildman–Crippen MR) is 395 cm³/mol. The number of ether oxygens (including phenoxy) is 1. The fraction of sp³-hybridized carbons (Fsp3) is 0.430. The minimum absolute atomic E-state index is 0.118. The second-order valence-corrected chi connectivity index (χ2v) is 27.4. The van der Waals surface area contributed by atoms with Crippen LogP contribution in [0.3, 0.4) is 0 Å². The molecule has 506 valence electrons. The molecule has 5 atom stereocenters. The Balaban J connectivity index is 0.000000223. The number of hydrogen-bond donors (Lipinski definition) is 3. The maximum Gasteiger partial charge on any atom is 0.303 e. The Bertz CT molecular complexity index is 3550. The number of thiophene rings is 1. The number of allylic oxidation sites excluding steroid dienone is 2. The van der Waals surface area contributed by atoms with Crippen LogP contribution in [0.25, 0.3) is 0 Å². The zero-order valence-corrected chi connectivity index (χ0v) is 59.5. The Hall–Kier alpha value is -8.45. The van der Waals surface area contributed by atoms with Crippen LogP contribution in [0.2, 0.25) is 0 Å². The summed E-state index contributed by atoms with van der Waals surface area (Å²) in [6, 6.07) is 34.7. The lowest BCUT2D eigenvalue weighted by molar-refractivity contribution is -0.125. The number of carbonyl (C=O) groups is 6. The van der Waals surface area contributed by atoms with Crippen molar-refractivity contribution in [3.63, 3.8) is 0 Å². The van der Waals surface area contributed by atoms with Crippen LogP contribution in [-0.2, 0) is 28.8 Å². The maximum atomic E-state index is 13.6. The van der Waals surface area contributed by atoms with E-state index < -0.39 is 35.8 Å². The van der Waals surface area contributed by atoms with Gasteiger partial charge in [0, 0.05) is 61.4 Å². The van der Waals surface area contributed by atoms with Crippen LogP contribution in [0.5, 0.6) is 11.5 Å². The van der Waals surface area contributed by atoms with Gasteiger partial charge in [0.25, 0.3) is 0 Å². The first kappa shape index (κ1) is 76.6. The molecule has 3 heterocycles. The average Bonchev–Trinajstić information content (AvgIpc) is 1.38. The Morgan fingerprint density at radius 2 is 0.854 bits per heavy atom. The van der Waals surface area contributed by atoms with Crippen molar-refractivity contribution in [2.24, 2.45) is 11.8 Å². The number of carbonyl (C=O) groups excluding carboxylic acids is 6. The molecule has 0 saturated heterocycles. The molecule has 10 rings (SSSR count). The zero-order valence-electron chi connectivity index (χ0n) is 57.0. The number of rotatable bonds is 18. The van der Waals surface area contributed by atoms with E-state index in [1.54, 1.807) is 72.1 Å². The van der Waals surface area contributed by atoms with Gasteiger partial charge in [0.2, 0.25) is 17.7 Å². The van der Waals surface area contributed by atoms with E-state index in [2.05, 4.69) is 73.6 Å². The molecule has 0 bridgehead atoms. The number of amides is 6. The molecule has 5 aliphatic rings. The number of nitrogens with one attached hydrogen (secondary N) is 3. The largest absolute Gasteiger partial charge is 0.457 e. The van der Waals surface area contributed by atoms with Crippen LogP contribution >= 0.6 is 34.9 Å². The Morgan fingerprint density at radius 1 is 0.490 bits per heavy atom. The van der Waals surface area contributed by atoms with Crippen molar-refractivity contribution in [3.8, 4) is 54.6 Å². The fourth-order valence-electron chi connectivity index (χ4n) is 12.1. The lowest BCUT2D eigenvalue weighted by atomic mass is 9.95. The normalized spacial score (nSPS) is 17.6. The monoisotopic (exact) mass is 1350 g/mol. The Labute approximate surface area is 583 Å². The van der Waals surface area contributed by atoms with Gasteiger partial charge in [-0.05, 0) is 164 Å². The molecule has 17 heteroatoms. The van der Waals surface area contributed by atoms with Crippen molar-refractivity contribution in [1.29, 1.82) is 5.26 Å². The third-order valence-corrected chi connectivity index (χ3v) is 20.6. The summed E-state index contributed by atoms with van der Waals surface area (Å²) in [5.74, 6) is 8.67. The van der Waals surface area contributed by atoms with E-state index in [1.807, 2.05) is 106 Å². The van der Waals surface area contributed by atoms with Crippen molar-refractivity contribution in [2.45, 2.75) is 194 Å². The van der Waals surface area contributed by atoms with Gasteiger partial charge in [0.05, 0.1) is 11.6 Å². The highest BCUT2D eigenvalue weighted by Crippen LogP contribution is 2.39. The molecule has 3 fully saturated rings. The summed E-state index contributed by atoms with van der Waals surface area (Å²) in [4.78, 5) is 85.7. The lowest BCUT2D eigenvalue weighted by Crippen LogP contribution is -2.52. The molecule has 5 aromatic rings. The van der Waals surface area contributed by atoms with Crippen LogP contribution in [0.1, 0.15) is 180 Å². The van der Waals surface area contributed by atoms with Crippen LogP contribution in [-0.4, -0.2) is 77.2 Å². The molecular formula is C79H95N7O7S3. The smallest absolute Gasteiger partial charge is 0.303 e. The number of thioether (sulfide) groups is 2. The van der Waals surface area contributed by atoms with Crippen LogP contribution in [0, 0.1) is 60.2 Å². The van der Waals surface area contributed by atoms with Crippen molar-refractivity contribution < 1.29 is 33.5 Å². The highest BCUT2D eigenvalue weighted by molar-refractivity contribution is 8.03. The first-order valence-corrected chi connectivity index (χ1v) is 36.9.